The molecule has 3 aromatic heterocycles. The van der Waals surface area contributed by atoms with E-state index in [1.165, 1.54) is 10.8 Å². The zero-order chi connectivity index (χ0) is 27.9. The average molecular weight is 542 g/mol. The average Bonchev–Trinajstić information content (AvgIpc) is 3.68. The smallest absolute Gasteiger partial charge is 0.454 e. The van der Waals surface area contributed by atoms with Gasteiger partial charge in [0.1, 0.15) is 5.58 Å². The first-order chi connectivity index (χ1) is 20.7. The molecular weight excluding hydrogens is 519 g/mol. The van der Waals surface area contributed by atoms with Crippen molar-refractivity contribution < 1.29 is 14.5 Å². The Labute approximate surface area is 240 Å². The molecule has 6 heteroatoms. The summed E-state index contributed by atoms with van der Waals surface area (Å²) in [5, 5.41) is 26.6. The summed E-state index contributed by atoms with van der Waals surface area (Å²) in [7, 11) is -1.63. The molecule has 0 amide bonds. The Balaban J connectivity index is 1.45. The minimum Gasteiger partial charge on any atom is -0.454 e. The summed E-state index contributed by atoms with van der Waals surface area (Å²) in [5.41, 5.74) is 7.98. The largest absolute Gasteiger partial charge is 0.492 e. The zero-order valence-electron chi connectivity index (χ0n) is 22.4. The molecule has 198 valence electrons. The van der Waals surface area contributed by atoms with Crippen LogP contribution in [0.25, 0.3) is 76.9 Å². The fraction of sp³-hybridized carbons (Fsp3) is 0. The maximum atomic E-state index is 10.1. The molecule has 0 fully saturated rings. The minimum atomic E-state index is -1.63. The van der Waals surface area contributed by atoms with E-state index < -0.39 is 7.12 Å². The van der Waals surface area contributed by atoms with Crippen LogP contribution in [0, 0.1) is 0 Å². The van der Waals surface area contributed by atoms with Gasteiger partial charge in [0, 0.05) is 43.5 Å². The molecule has 0 unspecified atom stereocenters. The summed E-state index contributed by atoms with van der Waals surface area (Å²) in [6.45, 7) is 0. The Kier molecular flexibility index (Phi) is 4.80. The topological polar surface area (TPSA) is 63.5 Å². The maximum Gasteiger partial charge on any atom is 0.492 e. The number of benzene rings is 6. The van der Waals surface area contributed by atoms with Crippen LogP contribution in [0.1, 0.15) is 0 Å². The third kappa shape index (κ3) is 3.10. The summed E-state index contributed by atoms with van der Waals surface area (Å²) in [6.07, 6.45) is 0. The van der Waals surface area contributed by atoms with Crippen molar-refractivity contribution in [3.05, 3.63) is 127 Å². The molecule has 3 heterocycles. The van der Waals surface area contributed by atoms with Gasteiger partial charge >= 0.3 is 7.12 Å². The first-order valence-electron chi connectivity index (χ1n) is 14.0. The minimum absolute atomic E-state index is 0.353. The predicted molar refractivity (Wildman–Crippen MR) is 172 cm³/mol. The van der Waals surface area contributed by atoms with Crippen molar-refractivity contribution in [1.82, 2.24) is 9.13 Å². The van der Waals surface area contributed by atoms with Crippen molar-refractivity contribution in [2.75, 3.05) is 0 Å². The summed E-state index contributed by atoms with van der Waals surface area (Å²) in [6, 6.07) is 43.8. The van der Waals surface area contributed by atoms with Crippen LogP contribution < -0.4 is 5.46 Å². The molecular formula is C36H23BN2O3. The Bertz CT molecular complexity index is 2500. The van der Waals surface area contributed by atoms with Crippen molar-refractivity contribution in [3.8, 4) is 11.4 Å². The Morgan fingerprint density at radius 3 is 1.74 bits per heavy atom. The van der Waals surface area contributed by atoms with Gasteiger partial charge in [-0.3, -0.25) is 0 Å². The van der Waals surface area contributed by atoms with E-state index in [4.69, 9.17) is 4.42 Å². The lowest BCUT2D eigenvalue weighted by molar-refractivity contribution is 0.425. The molecule has 0 saturated heterocycles. The van der Waals surface area contributed by atoms with Gasteiger partial charge < -0.3 is 23.6 Å². The molecule has 42 heavy (non-hydrogen) atoms. The van der Waals surface area contributed by atoms with Crippen molar-refractivity contribution in [3.63, 3.8) is 0 Å². The van der Waals surface area contributed by atoms with Gasteiger partial charge in [-0.25, -0.2) is 0 Å². The van der Waals surface area contributed by atoms with E-state index >= 15 is 0 Å². The molecule has 6 aromatic carbocycles. The van der Waals surface area contributed by atoms with Crippen LogP contribution in [0.3, 0.4) is 0 Å². The van der Waals surface area contributed by atoms with Gasteiger partial charge in [0.25, 0.3) is 0 Å². The molecule has 5 nitrogen and oxygen atoms in total. The summed E-state index contributed by atoms with van der Waals surface area (Å²) < 4.78 is 11.1. The second kappa shape index (κ2) is 8.60. The highest BCUT2D eigenvalue weighted by Crippen LogP contribution is 2.41. The van der Waals surface area contributed by atoms with Gasteiger partial charge in [0.15, 0.2) is 5.58 Å². The van der Waals surface area contributed by atoms with Gasteiger partial charge in [-0.05, 0) is 42.5 Å². The predicted octanol–water partition coefficient (Wildman–Crippen LogP) is 7.46. The highest BCUT2D eigenvalue weighted by atomic mass is 16.4. The van der Waals surface area contributed by atoms with Crippen molar-refractivity contribution in [2.45, 2.75) is 0 Å². The highest BCUT2D eigenvalue weighted by Gasteiger charge is 2.23. The molecule has 9 rings (SSSR count). The number of aromatic nitrogens is 2. The Morgan fingerprint density at radius 1 is 0.452 bits per heavy atom. The van der Waals surface area contributed by atoms with Crippen LogP contribution in [0.2, 0.25) is 0 Å². The molecule has 0 aliphatic rings. The zero-order valence-corrected chi connectivity index (χ0v) is 22.4. The van der Waals surface area contributed by atoms with E-state index in [0.29, 0.717) is 16.6 Å². The van der Waals surface area contributed by atoms with Crippen LogP contribution >= 0.6 is 0 Å². The van der Waals surface area contributed by atoms with Crippen LogP contribution in [0.15, 0.2) is 132 Å². The Morgan fingerprint density at radius 2 is 1.02 bits per heavy atom. The van der Waals surface area contributed by atoms with Crippen LogP contribution in [-0.2, 0) is 0 Å². The van der Waals surface area contributed by atoms with Crippen LogP contribution in [-0.4, -0.2) is 26.3 Å². The number of para-hydroxylation sites is 5. The molecule has 0 spiro atoms. The molecule has 2 N–H and O–H groups in total. The van der Waals surface area contributed by atoms with Crippen molar-refractivity contribution >= 4 is 78.1 Å². The maximum absolute atomic E-state index is 10.1. The normalized spacial score (nSPS) is 12.0. The number of hydrogen-bond acceptors (Lipinski definition) is 3. The van der Waals surface area contributed by atoms with Crippen molar-refractivity contribution in [1.29, 1.82) is 0 Å². The van der Waals surface area contributed by atoms with Crippen LogP contribution in [0.4, 0.5) is 0 Å². The number of rotatable bonds is 3. The number of fused-ring (bicyclic) bond motifs is 9. The molecule has 0 radical (unpaired) electrons. The lowest BCUT2D eigenvalue weighted by atomic mass is 9.79. The molecule has 0 aliphatic carbocycles. The summed E-state index contributed by atoms with van der Waals surface area (Å²) in [5.74, 6) is 0. The second-order valence-corrected chi connectivity index (χ2v) is 10.8. The van der Waals surface area contributed by atoms with Crippen LogP contribution in [0.5, 0.6) is 0 Å². The first-order valence-corrected chi connectivity index (χ1v) is 14.0. The van der Waals surface area contributed by atoms with Gasteiger partial charge in [0.05, 0.1) is 27.8 Å². The molecule has 9 aromatic rings. The molecule has 0 saturated carbocycles. The standard InChI is InChI=1S/C36H23BN2O3/c40-37(41)29-16-8-14-25-26-15-9-19-32(36(26)42-35(25)29)39-31-18-7-5-13-24(31)28-20-27-23-12-4-6-17-30(23)38(33(27)21-34(28)39)22-10-2-1-3-11-22/h1-21,40-41H. The van der Waals surface area contributed by atoms with Gasteiger partial charge in [-0.15, -0.1) is 0 Å². The third-order valence-electron chi connectivity index (χ3n) is 8.53. The fourth-order valence-electron chi connectivity index (χ4n) is 6.75. The lowest BCUT2D eigenvalue weighted by Crippen LogP contribution is -2.29. The third-order valence-corrected chi connectivity index (χ3v) is 8.53. The van der Waals surface area contributed by atoms with Crippen molar-refractivity contribution in [2.24, 2.45) is 0 Å². The van der Waals surface area contributed by atoms with E-state index in [-0.39, 0.29) is 0 Å². The number of nitrogens with zero attached hydrogens (tertiary/aromatic N) is 2. The molecule has 0 aliphatic heterocycles. The second-order valence-electron chi connectivity index (χ2n) is 10.8. The van der Waals surface area contributed by atoms with Gasteiger partial charge in [-0.2, -0.15) is 0 Å². The highest BCUT2D eigenvalue weighted by molar-refractivity contribution is 6.61. The SMILES string of the molecule is OB(O)c1cccc2c1oc1c(-n3c4ccccc4c4cc5c6ccccc6n(-c6ccccc6)c5cc43)cccc12. The molecule has 0 atom stereocenters. The fourth-order valence-corrected chi connectivity index (χ4v) is 6.75. The van der Waals surface area contributed by atoms with E-state index in [1.807, 2.05) is 30.3 Å². The Hall–Kier alpha value is -5.30. The van der Waals surface area contributed by atoms with E-state index in [9.17, 15) is 10.0 Å². The van der Waals surface area contributed by atoms with Gasteiger partial charge in [-0.1, -0.05) is 84.9 Å². The van der Waals surface area contributed by atoms with E-state index in [0.717, 1.165) is 55.0 Å². The molecule has 0 bridgehead atoms. The number of furan rings is 1. The lowest BCUT2D eigenvalue weighted by Gasteiger charge is -2.10. The van der Waals surface area contributed by atoms with E-state index in [2.05, 4.69) is 100 Å². The van der Waals surface area contributed by atoms with E-state index in [1.54, 1.807) is 6.07 Å². The summed E-state index contributed by atoms with van der Waals surface area (Å²) >= 11 is 0. The summed E-state index contributed by atoms with van der Waals surface area (Å²) in [4.78, 5) is 0. The van der Waals surface area contributed by atoms with Gasteiger partial charge in [0.2, 0.25) is 0 Å². The quantitative estimate of drug-likeness (QED) is 0.228. The first kappa shape index (κ1) is 23.4. The monoisotopic (exact) mass is 542 g/mol. The number of hydrogen-bond donors (Lipinski definition) is 2.